The molecule has 1 unspecified atom stereocenters. The number of nitrogens with zero attached hydrogens (tertiary/aromatic N) is 3. The highest BCUT2D eigenvalue weighted by molar-refractivity contribution is 7.81. The number of rotatable bonds is 5. The molecule has 0 spiro atoms. The number of halogens is 2. The molecule has 0 aliphatic carbocycles. The first-order valence-corrected chi connectivity index (χ1v) is 11.1. The monoisotopic (exact) mass is 473 g/mol. The SMILES string of the molecule is Cc1nc2ccc(C(=O)N(c3ccccc3)S(=O)O)cc2n1Cc1ccc(Cl)cc1Cl. The Morgan fingerprint density at radius 2 is 1.84 bits per heavy atom. The van der Waals surface area contributed by atoms with Crippen molar-refractivity contribution in [1.82, 2.24) is 9.55 Å². The molecule has 0 saturated carbocycles. The van der Waals surface area contributed by atoms with Gasteiger partial charge in [0.1, 0.15) is 5.82 Å². The van der Waals surface area contributed by atoms with Crippen molar-refractivity contribution in [3.8, 4) is 0 Å². The molecule has 1 amide bonds. The van der Waals surface area contributed by atoms with Gasteiger partial charge in [-0.05, 0) is 55.0 Å². The molecule has 9 heteroatoms. The molecule has 31 heavy (non-hydrogen) atoms. The van der Waals surface area contributed by atoms with Crippen molar-refractivity contribution in [3.05, 3.63) is 93.7 Å². The maximum atomic E-state index is 13.1. The second kappa shape index (κ2) is 8.80. The molecule has 1 N–H and O–H groups in total. The number of aryl methyl sites for hydroxylation is 1. The summed E-state index contributed by atoms with van der Waals surface area (Å²) in [6, 6.07) is 18.6. The lowest BCUT2D eigenvalue weighted by atomic mass is 10.1. The second-order valence-corrected chi connectivity index (χ2v) is 8.52. The first-order chi connectivity index (χ1) is 14.8. The molecule has 1 heterocycles. The van der Waals surface area contributed by atoms with Crippen molar-refractivity contribution in [3.63, 3.8) is 0 Å². The summed E-state index contributed by atoms with van der Waals surface area (Å²) in [7, 11) is 0. The van der Waals surface area contributed by atoms with Crippen molar-refractivity contribution in [1.29, 1.82) is 0 Å². The molecule has 0 saturated heterocycles. The molecule has 0 radical (unpaired) electrons. The smallest absolute Gasteiger partial charge is 0.272 e. The van der Waals surface area contributed by atoms with Gasteiger partial charge in [0.05, 0.1) is 23.3 Å². The average molecular weight is 474 g/mol. The lowest BCUT2D eigenvalue weighted by Gasteiger charge is -2.18. The molecule has 0 aliphatic rings. The topological polar surface area (TPSA) is 75.4 Å². The van der Waals surface area contributed by atoms with Crippen LogP contribution >= 0.6 is 23.2 Å². The van der Waals surface area contributed by atoms with E-state index < -0.39 is 17.2 Å². The zero-order chi connectivity index (χ0) is 22.1. The summed E-state index contributed by atoms with van der Waals surface area (Å²) in [6.07, 6.45) is 0. The molecule has 0 fully saturated rings. The van der Waals surface area contributed by atoms with Gasteiger partial charge in [-0.1, -0.05) is 47.5 Å². The highest BCUT2D eigenvalue weighted by atomic mass is 35.5. The first-order valence-electron chi connectivity index (χ1n) is 9.26. The summed E-state index contributed by atoms with van der Waals surface area (Å²) in [5.74, 6) is 0.153. The molecule has 158 valence electrons. The Labute approximate surface area is 191 Å². The number of hydrogen-bond donors (Lipinski definition) is 1. The van der Waals surface area contributed by atoms with Gasteiger partial charge in [-0.15, -0.1) is 0 Å². The summed E-state index contributed by atoms with van der Waals surface area (Å²) in [6.45, 7) is 2.30. The van der Waals surface area contributed by atoms with Gasteiger partial charge in [0, 0.05) is 15.6 Å². The van der Waals surface area contributed by atoms with Crippen molar-refractivity contribution >= 4 is 57.1 Å². The third-order valence-electron chi connectivity index (χ3n) is 4.86. The van der Waals surface area contributed by atoms with Crippen molar-refractivity contribution < 1.29 is 13.6 Å². The zero-order valence-electron chi connectivity index (χ0n) is 16.3. The fraction of sp³-hybridized carbons (Fsp3) is 0.0909. The van der Waals surface area contributed by atoms with Gasteiger partial charge in [0.25, 0.3) is 17.2 Å². The van der Waals surface area contributed by atoms with Crippen molar-refractivity contribution in [2.45, 2.75) is 13.5 Å². The summed E-state index contributed by atoms with van der Waals surface area (Å²) >= 11 is 9.81. The average Bonchev–Trinajstić information content (AvgIpc) is 3.05. The fourth-order valence-electron chi connectivity index (χ4n) is 3.36. The predicted octanol–water partition coefficient (Wildman–Crippen LogP) is 5.48. The number of hydrogen-bond acceptors (Lipinski definition) is 3. The van der Waals surface area contributed by atoms with E-state index in [4.69, 9.17) is 23.2 Å². The molecule has 3 aromatic carbocycles. The van der Waals surface area contributed by atoms with E-state index in [2.05, 4.69) is 4.98 Å². The Bertz CT molecular complexity index is 1310. The second-order valence-electron chi connectivity index (χ2n) is 6.85. The number of amides is 1. The van der Waals surface area contributed by atoms with Gasteiger partial charge in [-0.3, -0.25) is 9.35 Å². The van der Waals surface area contributed by atoms with Crippen LogP contribution in [0.1, 0.15) is 21.7 Å². The van der Waals surface area contributed by atoms with Crippen LogP contribution in [0.15, 0.2) is 66.7 Å². The fourth-order valence-corrected chi connectivity index (χ4v) is 4.37. The minimum Gasteiger partial charge on any atom is -0.324 e. The van der Waals surface area contributed by atoms with Crippen LogP contribution in [0, 0.1) is 6.92 Å². The lowest BCUT2D eigenvalue weighted by Crippen LogP contribution is -2.32. The van der Waals surface area contributed by atoms with Crippen LogP contribution in [-0.4, -0.2) is 24.2 Å². The summed E-state index contributed by atoms with van der Waals surface area (Å²) in [5, 5.41) is 1.08. The molecule has 1 aromatic heterocycles. The van der Waals surface area contributed by atoms with Crippen LogP contribution in [0.5, 0.6) is 0 Å². The number of benzene rings is 3. The Morgan fingerprint density at radius 1 is 1.10 bits per heavy atom. The third kappa shape index (κ3) is 4.36. The summed E-state index contributed by atoms with van der Waals surface area (Å²) in [4.78, 5) is 17.7. The van der Waals surface area contributed by atoms with Crippen LogP contribution in [-0.2, 0) is 17.8 Å². The zero-order valence-corrected chi connectivity index (χ0v) is 18.7. The Hall–Kier alpha value is -2.71. The third-order valence-corrected chi connectivity index (χ3v) is 6.14. The lowest BCUT2D eigenvalue weighted by molar-refractivity contribution is 0.100. The van der Waals surface area contributed by atoms with Gasteiger partial charge in [0.15, 0.2) is 0 Å². The van der Waals surface area contributed by atoms with Gasteiger partial charge < -0.3 is 4.57 Å². The van der Waals surface area contributed by atoms with Crippen molar-refractivity contribution in [2.24, 2.45) is 0 Å². The quantitative estimate of drug-likeness (QED) is 0.389. The summed E-state index contributed by atoms with van der Waals surface area (Å²) in [5.41, 5.74) is 2.86. The van der Waals surface area contributed by atoms with E-state index in [1.54, 1.807) is 60.7 Å². The van der Waals surface area contributed by atoms with Crippen LogP contribution in [0.25, 0.3) is 11.0 Å². The maximum absolute atomic E-state index is 13.1. The molecule has 4 aromatic rings. The standard InChI is InChI=1S/C22H17Cl2N3O3S/c1-14-25-20-10-8-15(22(28)27(31(29)30)18-5-3-2-4-6-18)11-21(20)26(14)13-16-7-9-17(23)12-19(16)24/h2-12H,13H2,1H3,(H,29,30). The van der Waals surface area contributed by atoms with Gasteiger partial charge in [0.2, 0.25) is 0 Å². The predicted molar refractivity (Wildman–Crippen MR) is 124 cm³/mol. The van der Waals surface area contributed by atoms with E-state index in [1.807, 2.05) is 17.6 Å². The van der Waals surface area contributed by atoms with Crippen LogP contribution < -0.4 is 4.31 Å². The van der Waals surface area contributed by atoms with E-state index in [9.17, 15) is 13.6 Å². The number of imidazole rings is 1. The number of aromatic nitrogens is 2. The Morgan fingerprint density at radius 3 is 2.52 bits per heavy atom. The molecule has 0 bridgehead atoms. The van der Waals surface area contributed by atoms with E-state index >= 15 is 0 Å². The maximum Gasteiger partial charge on any atom is 0.272 e. The highest BCUT2D eigenvalue weighted by Gasteiger charge is 2.23. The first kappa shape index (κ1) is 21.5. The van der Waals surface area contributed by atoms with Gasteiger partial charge in [-0.25, -0.2) is 13.5 Å². The number of para-hydroxylation sites is 1. The normalized spacial score (nSPS) is 12.1. The van der Waals surface area contributed by atoms with Crippen LogP contribution in [0.2, 0.25) is 10.0 Å². The van der Waals surface area contributed by atoms with E-state index in [0.29, 0.717) is 33.3 Å². The van der Waals surface area contributed by atoms with Gasteiger partial charge >= 0.3 is 0 Å². The largest absolute Gasteiger partial charge is 0.324 e. The van der Waals surface area contributed by atoms with Gasteiger partial charge in [-0.2, -0.15) is 0 Å². The van der Waals surface area contributed by atoms with Crippen molar-refractivity contribution in [2.75, 3.05) is 4.31 Å². The Balaban J connectivity index is 1.76. The van der Waals surface area contributed by atoms with Crippen LogP contribution in [0.4, 0.5) is 5.69 Å². The number of fused-ring (bicyclic) bond motifs is 1. The molecular weight excluding hydrogens is 457 g/mol. The van der Waals surface area contributed by atoms with E-state index in [1.165, 1.54) is 0 Å². The molecule has 6 nitrogen and oxygen atoms in total. The van der Waals surface area contributed by atoms with E-state index in [-0.39, 0.29) is 5.56 Å². The molecule has 4 rings (SSSR count). The minimum absolute atomic E-state index is 0.266. The number of anilines is 1. The molecule has 1 atom stereocenters. The Kier molecular flexibility index (Phi) is 6.11. The molecule has 0 aliphatic heterocycles. The highest BCUT2D eigenvalue weighted by Crippen LogP contribution is 2.26. The minimum atomic E-state index is -2.52. The number of carbonyl (C=O) groups is 1. The summed E-state index contributed by atoms with van der Waals surface area (Å²) < 4.78 is 24.5. The van der Waals surface area contributed by atoms with E-state index in [0.717, 1.165) is 15.7 Å². The molecular formula is C22H17Cl2N3O3S. The van der Waals surface area contributed by atoms with Crippen LogP contribution in [0.3, 0.4) is 0 Å². The number of carbonyl (C=O) groups excluding carboxylic acids is 1.